The van der Waals surface area contributed by atoms with Crippen LogP contribution < -0.4 is 5.32 Å². The summed E-state index contributed by atoms with van der Waals surface area (Å²) in [4.78, 5) is 0. The fourth-order valence-corrected chi connectivity index (χ4v) is 2.36. The quantitative estimate of drug-likeness (QED) is 0.657. The van der Waals surface area contributed by atoms with E-state index in [9.17, 15) is 0 Å². The number of hydrogen-bond acceptors (Lipinski definition) is 1. The van der Waals surface area contributed by atoms with E-state index in [1.807, 2.05) is 0 Å². The summed E-state index contributed by atoms with van der Waals surface area (Å²) in [5.74, 6) is 0.968. The molecule has 1 nitrogen and oxygen atoms in total. The first kappa shape index (κ1) is 9.26. The molecule has 0 aliphatic heterocycles. The average molecular weight is 179 g/mol. The Hall–Kier alpha value is -0.300. The molecule has 0 amide bonds. The molecule has 0 saturated heterocycles. The molecule has 0 aromatic heterocycles. The van der Waals surface area contributed by atoms with Crippen molar-refractivity contribution in [2.45, 2.75) is 57.5 Å². The van der Waals surface area contributed by atoms with Gasteiger partial charge < -0.3 is 5.32 Å². The van der Waals surface area contributed by atoms with Gasteiger partial charge in [-0.3, -0.25) is 0 Å². The maximum absolute atomic E-state index is 3.73. The zero-order valence-corrected chi connectivity index (χ0v) is 8.63. The molecular formula is C12H21N. The highest BCUT2D eigenvalue weighted by atomic mass is 14.9. The number of hydrogen-bond donors (Lipinski definition) is 1. The fourth-order valence-electron chi connectivity index (χ4n) is 2.36. The molecule has 2 unspecified atom stereocenters. The Bertz CT molecular complexity index is 182. The standard InChI is InChI=1S/C12H21N/c1-10(11-6-5-7-11)13-12-8-3-2-4-9-12/h3,8,10-13H,2,4-7,9H2,1H3. The van der Waals surface area contributed by atoms with Crippen LogP contribution in [0.3, 0.4) is 0 Å². The molecule has 0 aromatic rings. The second kappa shape index (κ2) is 4.28. The first-order valence-corrected chi connectivity index (χ1v) is 5.79. The molecule has 74 valence electrons. The summed E-state index contributed by atoms with van der Waals surface area (Å²) in [7, 11) is 0. The molecule has 1 heteroatoms. The van der Waals surface area contributed by atoms with E-state index in [2.05, 4.69) is 24.4 Å². The predicted molar refractivity (Wildman–Crippen MR) is 56.7 cm³/mol. The molecule has 13 heavy (non-hydrogen) atoms. The Morgan fingerprint density at radius 1 is 1.23 bits per heavy atom. The lowest BCUT2D eigenvalue weighted by Gasteiger charge is -2.34. The summed E-state index contributed by atoms with van der Waals surface area (Å²) in [6.07, 6.45) is 13.0. The van der Waals surface area contributed by atoms with Gasteiger partial charge in [0.15, 0.2) is 0 Å². The van der Waals surface area contributed by atoms with Crippen LogP contribution in [0.15, 0.2) is 12.2 Å². The summed E-state index contributed by atoms with van der Waals surface area (Å²) in [5.41, 5.74) is 0. The molecule has 1 fully saturated rings. The van der Waals surface area contributed by atoms with Gasteiger partial charge in [0.05, 0.1) is 0 Å². The second-order valence-electron chi connectivity index (χ2n) is 4.61. The van der Waals surface area contributed by atoms with E-state index in [-0.39, 0.29) is 0 Å². The van der Waals surface area contributed by atoms with Gasteiger partial charge >= 0.3 is 0 Å². The van der Waals surface area contributed by atoms with Crippen LogP contribution in [0.25, 0.3) is 0 Å². The molecule has 2 aliphatic carbocycles. The van der Waals surface area contributed by atoms with Gasteiger partial charge in [-0.25, -0.2) is 0 Å². The van der Waals surface area contributed by atoms with Crippen LogP contribution in [0.1, 0.15) is 45.4 Å². The molecule has 0 heterocycles. The minimum atomic E-state index is 0.671. The van der Waals surface area contributed by atoms with Crippen molar-refractivity contribution in [3.63, 3.8) is 0 Å². The highest BCUT2D eigenvalue weighted by molar-refractivity contribution is 4.99. The van der Waals surface area contributed by atoms with E-state index in [1.165, 1.54) is 38.5 Å². The van der Waals surface area contributed by atoms with E-state index in [4.69, 9.17) is 0 Å². The molecule has 1 saturated carbocycles. The summed E-state index contributed by atoms with van der Waals surface area (Å²) < 4.78 is 0. The monoisotopic (exact) mass is 179 g/mol. The number of nitrogens with one attached hydrogen (secondary N) is 1. The molecule has 0 bridgehead atoms. The second-order valence-corrected chi connectivity index (χ2v) is 4.61. The molecule has 0 radical (unpaired) electrons. The molecule has 1 N–H and O–H groups in total. The maximum Gasteiger partial charge on any atom is 0.0252 e. The summed E-state index contributed by atoms with van der Waals surface area (Å²) in [5, 5.41) is 3.73. The lowest BCUT2D eigenvalue weighted by Crippen LogP contribution is -2.42. The Kier molecular flexibility index (Phi) is 3.05. The summed E-state index contributed by atoms with van der Waals surface area (Å²) >= 11 is 0. The van der Waals surface area contributed by atoms with Gasteiger partial charge in [-0.05, 0) is 44.9 Å². The Morgan fingerprint density at radius 3 is 2.62 bits per heavy atom. The SMILES string of the molecule is CC(NC1C=CCCC1)C1CCC1. The van der Waals surface area contributed by atoms with E-state index < -0.39 is 0 Å². The van der Waals surface area contributed by atoms with E-state index in [0.717, 1.165) is 12.0 Å². The zero-order chi connectivity index (χ0) is 9.10. The van der Waals surface area contributed by atoms with Gasteiger partial charge in [-0.1, -0.05) is 18.6 Å². The van der Waals surface area contributed by atoms with Crippen LogP contribution in [-0.4, -0.2) is 12.1 Å². The molecule has 2 rings (SSSR count). The van der Waals surface area contributed by atoms with Gasteiger partial charge in [0.1, 0.15) is 0 Å². The van der Waals surface area contributed by atoms with E-state index in [1.54, 1.807) is 0 Å². The minimum Gasteiger partial charge on any atom is -0.308 e. The van der Waals surface area contributed by atoms with Gasteiger partial charge in [0.2, 0.25) is 0 Å². The van der Waals surface area contributed by atoms with E-state index in [0.29, 0.717) is 6.04 Å². The minimum absolute atomic E-state index is 0.671. The number of rotatable bonds is 3. The van der Waals surface area contributed by atoms with Gasteiger partial charge in [-0.2, -0.15) is 0 Å². The van der Waals surface area contributed by atoms with Crippen LogP contribution in [-0.2, 0) is 0 Å². The third-order valence-corrected chi connectivity index (χ3v) is 3.59. The predicted octanol–water partition coefficient (Wildman–Crippen LogP) is 2.87. The van der Waals surface area contributed by atoms with Crippen molar-refractivity contribution in [1.29, 1.82) is 0 Å². The lowest BCUT2D eigenvalue weighted by molar-refractivity contribution is 0.230. The topological polar surface area (TPSA) is 12.0 Å². The smallest absolute Gasteiger partial charge is 0.0252 e. The average Bonchev–Trinajstić information content (AvgIpc) is 2.02. The Balaban J connectivity index is 1.75. The first-order valence-electron chi connectivity index (χ1n) is 5.79. The van der Waals surface area contributed by atoms with Crippen LogP contribution in [0.4, 0.5) is 0 Å². The molecular weight excluding hydrogens is 158 g/mol. The maximum atomic E-state index is 3.73. The normalized spacial score (nSPS) is 31.3. The third-order valence-electron chi connectivity index (χ3n) is 3.59. The molecule has 0 spiro atoms. The highest BCUT2D eigenvalue weighted by Crippen LogP contribution is 2.29. The van der Waals surface area contributed by atoms with Crippen LogP contribution in [0, 0.1) is 5.92 Å². The van der Waals surface area contributed by atoms with E-state index >= 15 is 0 Å². The summed E-state index contributed by atoms with van der Waals surface area (Å²) in [6.45, 7) is 2.35. The van der Waals surface area contributed by atoms with Crippen molar-refractivity contribution in [3.8, 4) is 0 Å². The van der Waals surface area contributed by atoms with Crippen molar-refractivity contribution in [1.82, 2.24) is 5.32 Å². The third kappa shape index (κ3) is 2.34. The highest BCUT2D eigenvalue weighted by Gasteiger charge is 2.25. The largest absolute Gasteiger partial charge is 0.308 e. The van der Waals surface area contributed by atoms with Crippen molar-refractivity contribution in [2.24, 2.45) is 5.92 Å². The Labute approximate surface area is 81.6 Å². The lowest BCUT2D eigenvalue weighted by atomic mass is 9.80. The van der Waals surface area contributed by atoms with Crippen molar-refractivity contribution in [3.05, 3.63) is 12.2 Å². The molecule has 0 aromatic carbocycles. The molecule has 2 aliphatic rings. The number of allylic oxidation sites excluding steroid dienone is 1. The van der Waals surface area contributed by atoms with Crippen molar-refractivity contribution in [2.75, 3.05) is 0 Å². The summed E-state index contributed by atoms with van der Waals surface area (Å²) in [6, 6.07) is 1.41. The van der Waals surface area contributed by atoms with Crippen LogP contribution >= 0.6 is 0 Å². The van der Waals surface area contributed by atoms with Crippen LogP contribution in [0.5, 0.6) is 0 Å². The van der Waals surface area contributed by atoms with Gasteiger partial charge in [-0.15, -0.1) is 0 Å². The first-order chi connectivity index (χ1) is 6.36. The molecule has 2 atom stereocenters. The zero-order valence-electron chi connectivity index (χ0n) is 8.63. The fraction of sp³-hybridized carbons (Fsp3) is 0.833. The van der Waals surface area contributed by atoms with Crippen molar-refractivity contribution >= 4 is 0 Å². The van der Waals surface area contributed by atoms with Gasteiger partial charge in [0, 0.05) is 12.1 Å². The van der Waals surface area contributed by atoms with Gasteiger partial charge in [0.25, 0.3) is 0 Å². The van der Waals surface area contributed by atoms with Crippen molar-refractivity contribution < 1.29 is 0 Å². The Morgan fingerprint density at radius 2 is 2.08 bits per heavy atom. The van der Waals surface area contributed by atoms with Crippen LogP contribution in [0.2, 0.25) is 0 Å².